The summed E-state index contributed by atoms with van der Waals surface area (Å²) in [4.78, 5) is 22.7. The van der Waals surface area contributed by atoms with E-state index in [4.69, 9.17) is 10.2 Å². The van der Waals surface area contributed by atoms with E-state index < -0.39 is 18.0 Å². The number of carbonyl (C=O) groups excluding carboxylic acids is 1. The molecule has 0 fully saturated rings. The Bertz CT molecular complexity index is 193. The van der Waals surface area contributed by atoms with Crippen LogP contribution >= 0.6 is 0 Å². The van der Waals surface area contributed by atoms with Crippen LogP contribution in [0.3, 0.4) is 0 Å². The highest BCUT2D eigenvalue weighted by atomic mass is 16.4. The lowest BCUT2D eigenvalue weighted by Gasteiger charge is -2.16. The maximum atomic E-state index is 11.0. The quantitative estimate of drug-likeness (QED) is 0.535. The first kappa shape index (κ1) is 11.7. The van der Waals surface area contributed by atoms with Gasteiger partial charge in [0.1, 0.15) is 6.04 Å². The van der Waals surface area contributed by atoms with Gasteiger partial charge in [0.25, 0.3) is 0 Å². The average Bonchev–Trinajstić information content (AvgIpc) is 2.03. The van der Waals surface area contributed by atoms with Crippen molar-refractivity contribution in [1.82, 2.24) is 10.2 Å². The summed E-state index contributed by atoms with van der Waals surface area (Å²) in [6.07, 6.45) is 0.00884. The number of nitrogens with one attached hydrogen (secondary N) is 1. The van der Waals surface area contributed by atoms with Gasteiger partial charge >= 0.3 is 12.0 Å². The molecule has 0 bridgehead atoms. The first-order chi connectivity index (χ1) is 5.99. The average molecular weight is 190 g/mol. The molecule has 0 aliphatic heterocycles. The first-order valence-electron chi connectivity index (χ1n) is 3.80. The Morgan fingerprint density at radius 1 is 1.46 bits per heavy atom. The Morgan fingerprint density at radius 3 is 2.31 bits per heavy atom. The lowest BCUT2D eigenvalue weighted by molar-refractivity contribution is -0.139. The molecule has 2 amide bonds. The molecule has 0 aliphatic carbocycles. The molecule has 3 N–H and O–H groups in total. The lowest BCUT2D eigenvalue weighted by atomic mass is 10.2. The highest BCUT2D eigenvalue weighted by Crippen LogP contribution is 1.92. The maximum Gasteiger partial charge on any atom is 0.326 e. The van der Waals surface area contributed by atoms with Gasteiger partial charge < -0.3 is 20.4 Å². The van der Waals surface area contributed by atoms with Crippen LogP contribution in [0.15, 0.2) is 0 Å². The van der Waals surface area contributed by atoms with Crippen LogP contribution in [0.5, 0.6) is 0 Å². The smallest absolute Gasteiger partial charge is 0.326 e. The third-order valence-electron chi connectivity index (χ3n) is 1.42. The van der Waals surface area contributed by atoms with E-state index in [1.807, 2.05) is 0 Å². The van der Waals surface area contributed by atoms with Crippen LogP contribution in [0.25, 0.3) is 0 Å². The minimum absolute atomic E-state index is 0.00884. The number of carbonyl (C=O) groups is 2. The van der Waals surface area contributed by atoms with Gasteiger partial charge in [-0.3, -0.25) is 0 Å². The van der Waals surface area contributed by atoms with Crippen LogP contribution in [0, 0.1) is 0 Å². The molecular formula is C7H14N2O4. The topological polar surface area (TPSA) is 89.9 Å². The second kappa shape index (κ2) is 5.36. The fourth-order valence-electron chi connectivity index (χ4n) is 0.665. The molecule has 0 radical (unpaired) electrons. The molecule has 6 heteroatoms. The van der Waals surface area contributed by atoms with Crippen molar-refractivity contribution in [2.75, 3.05) is 20.7 Å². The Balaban J connectivity index is 4.10. The van der Waals surface area contributed by atoms with E-state index in [0.717, 1.165) is 0 Å². The summed E-state index contributed by atoms with van der Waals surface area (Å²) in [5.41, 5.74) is 0. The molecule has 0 aromatic heterocycles. The van der Waals surface area contributed by atoms with Crippen molar-refractivity contribution < 1.29 is 19.8 Å². The molecule has 0 saturated carbocycles. The number of carboxylic acids is 1. The Kier molecular flexibility index (Phi) is 4.83. The standard InChI is InChI=1S/C7H14N2O4/c1-9(2)7(13)8-5(3-4-10)6(11)12/h5,10H,3-4H2,1-2H3,(H,8,13)(H,11,12)/t5-/m1/s1. The van der Waals surface area contributed by atoms with Crippen LogP contribution in [0.2, 0.25) is 0 Å². The summed E-state index contributed by atoms with van der Waals surface area (Å²) in [5, 5.41) is 19.3. The number of aliphatic carboxylic acids is 1. The number of amides is 2. The fourth-order valence-corrected chi connectivity index (χ4v) is 0.665. The van der Waals surface area contributed by atoms with Crippen LogP contribution in [0.1, 0.15) is 6.42 Å². The highest BCUT2D eigenvalue weighted by molar-refractivity contribution is 5.82. The number of nitrogens with zero attached hydrogens (tertiary/aromatic N) is 1. The Labute approximate surface area is 76.2 Å². The number of carboxylic acid groups (broad SMARTS) is 1. The third-order valence-corrected chi connectivity index (χ3v) is 1.42. The zero-order valence-electron chi connectivity index (χ0n) is 7.65. The molecule has 0 aromatic carbocycles. The zero-order chi connectivity index (χ0) is 10.4. The van der Waals surface area contributed by atoms with Crippen molar-refractivity contribution >= 4 is 12.0 Å². The van der Waals surface area contributed by atoms with Gasteiger partial charge in [0, 0.05) is 27.1 Å². The molecule has 0 aromatic rings. The summed E-state index contributed by atoms with van der Waals surface area (Å²) in [6.45, 7) is -0.273. The third kappa shape index (κ3) is 4.32. The van der Waals surface area contributed by atoms with E-state index in [2.05, 4.69) is 5.32 Å². The van der Waals surface area contributed by atoms with Crippen molar-refractivity contribution in [2.45, 2.75) is 12.5 Å². The van der Waals surface area contributed by atoms with Gasteiger partial charge in [0.15, 0.2) is 0 Å². The Hall–Kier alpha value is -1.30. The molecule has 0 aliphatic rings. The number of hydrogen-bond acceptors (Lipinski definition) is 3. The monoisotopic (exact) mass is 190 g/mol. The van der Waals surface area contributed by atoms with Crippen LogP contribution in [-0.2, 0) is 4.79 Å². The minimum Gasteiger partial charge on any atom is -0.480 e. The summed E-state index contributed by atoms with van der Waals surface area (Å²) in [6, 6.07) is -1.51. The summed E-state index contributed by atoms with van der Waals surface area (Å²) < 4.78 is 0. The molecule has 76 valence electrons. The molecule has 0 rings (SSSR count). The fraction of sp³-hybridized carbons (Fsp3) is 0.714. The maximum absolute atomic E-state index is 11.0. The Morgan fingerprint density at radius 2 is 2.00 bits per heavy atom. The number of hydrogen-bond donors (Lipinski definition) is 3. The zero-order valence-corrected chi connectivity index (χ0v) is 7.65. The van der Waals surface area contributed by atoms with Gasteiger partial charge in [-0.2, -0.15) is 0 Å². The van der Waals surface area contributed by atoms with Crippen LogP contribution in [-0.4, -0.2) is 53.9 Å². The molecule has 1 atom stereocenters. The van der Waals surface area contributed by atoms with E-state index in [1.165, 1.54) is 19.0 Å². The predicted molar refractivity (Wildman–Crippen MR) is 45.3 cm³/mol. The largest absolute Gasteiger partial charge is 0.480 e. The van der Waals surface area contributed by atoms with E-state index in [9.17, 15) is 9.59 Å². The molecule has 0 heterocycles. The molecule has 0 spiro atoms. The molecule has 13 heavy (non-hydrogen) atoms. The van der Waals surface area contributed by atoms with E-state index in [-0.39, 0.29) is 13.0 Å². The van der Waals surface area contributed by atoms with Crippen molar-refractivity contribution in [3.8, 4) is 0 Å². The van der Waals surface area contributed by atoms with Crippen molar-refractivity contribution in [3.63, 3.8) is 0 Å². The van der Waals surface area contributed by atoms with Crippen molar-refractivity contribution in [3.05, 3.63) is 0 Å². The van der Waals surface area contributed by atoms with E-state index >= 15 is 0 Å². The number of rotatable bonds is 4. The molecule has 0 saturated heterocycles. The minimum atomic E-state index is -1.15. The summed E-state index contributed by atoms with van der Waals surface area (Å²) in [7, 11) is 3.01. The van der Waals surface area contributed by atoms with Gasteiger partial charge in [-0.05, 0) is 0 Å². The summed E-state index contributed by atoms with van der Waals surface area (Å²) >= 11 is 0. The van der Waals surface area contributed by atoms with Crippen LogP contribution in [0.4, 0.5) is 4.79 Å². The number of aliphatic hydroxyl groups excluding tert-OH is 1. The predicted octanol–water partition coefficient (Wildman–Crippen LogP) is -0.907. The van der Waals surface area contributed by atoms with Gasteiger partial charge in [-0.15, -0.1) is 0 Å². The second-order valence-corrected chi connectivity index (χ2v) is 2.75. The van der Waals surface area contributed by atoms with Crippen LogP contribution < -0.4 is 5.32 Å². The highest BCUT2D eigenvalue weighted by Gasteiger charge is 2.19. The second-order valence-electron chi connectivity index (χ2n) is 2.75. The SMILES string of the molecule is CN(C)C(=O)N[C@H](CCO)C(=O)O. The van der Waals surface area contributed by atoms with Gasteiger partial charge in [0.2, 0.25) is 0 Å². The van der Waals surface area contributed by atoms with Gasteiger partial charge in [0.05, 0.1) is 0 Å². The number of urea groups is 1. The van der Waals surface area contributed by atoms with Gasteiger partial charge in [-0.25, -0.2) is 9.59 Å². The first-order valence-corrected chi connectivity index (χ1v) is 3.80. The normalized spacial score (nSPS) is 11.9. The van der Waals surface area contributed by atoms with Crippen molar-refractivity contribution in [2.24, 2.45) is 0 Å². The molecule has 6 nitrogen and oxygen atoms in total. The van der Waals surface area contributed by atoms with E-state index in [1.54, 1.807) is 0 Å². The van der Waals surface area contributed by atoms with Crippen molar-refractivity contribution in [1.29, 1.82) is 0 Å². The lowest BCUT2D eigenvalue weighted by Crippen LogP contribution is -2.45. The van der Waals surface area contributed by atoms with E-state index in [0.29, 0.717) is 0 Å². The molecule has 0 unspecified atom stereocenters. The number of aliphatic hydroxyl groups is 1. The van der Waals surface area contributed by atoms with Gasteiger partial charge in [-0.1, -0.05) is 0 Å². The molecular weight excluding hydrogens is 176 g/mol. The summed E-state index contributed by atoms with van der Waals surface area (Å²) in [5.74, 6) is -1.15.